The van der Waals surface area contributed by atoms with Crippen LogP contribution in [-0.2, 0) is 9.59 Å². The molecule has 0 bridgehead atoms. The molecule has 1 saturated heterocycles. The molecule has 2 aromatic carbocycles. The second-order valence-corrected chi connectivity index (χ2v) is 9.77. The van der Waals surface area contributed by atoms with Gasteiger partial charge in [0.1, 0.15) is 12.5 Å². The van der Waals surface area contributed by atoms with Gasteiger partial charge in [-0.1, -0.05) is 28.1 Å². The van der Waals surface area contributed by atoms with Crippen LogP contribution in [0.5, 0.6) is 5.75 Å². The summed E-state index contributed by atoms with van der Waals surface area (Å²) in [5.41, 5.74) is 7.47. The summed E-state index contributed by atoms with van der Waals surface area (Å²) >= 11 is 3.46. The number of ether oxygens (including phenoxy) is 1. The van der Waals surface area contributed by atoms with E-state index in [2.05, 4.69) is 33.0 Å². The van der Waals surface area contributed by atoms with E-state index in [-0.39, 0.29) is 17.6 Å². The second-order valence-electron chi connectivity index (χ2n) is 8.85. The molecule has 2 fully saturated rings. The summed E-state index contributed by atoms with van der Waals surface area (Å²) in [4.78, 5) is 37.0. The Labute approximate surface area is 215 Å². The van der Waals surface area contributed by atoms with E-state index in [4.69, 9.17) is 15.3 Å². The SMILES string of the molecule is C=O.NCCC(=O)N1CCN(CCCOc2ccc(C(=O)[C@@H]3C[C@H]3c3ccc(Br)cc3)cc2)CC1. The van der Waals surface area contributed by atoms with Crippen molar-refractivity contribution in [2.75, 3.05) is 45.9 Å². The third-order valence-electron chi connectivity index (χ3n) is 6.53. The molecular formula is C27H34BrN3O4. The van der Waals surface area contributed by atoms with E-state index in [0.29, 0.717) is 25.5 Å². The van der Waals surface area contributed by atoms with Gasteiger partial charge in [0, 0.05) is 61.6 Å². The highest BCUT2D eigenvalue weighted by atomic mass is 79.9. The highest BCUT2D eigenvalue weighted by Crippen LogP contribution is 2.49. The van der Waals surface area contributed by atoms with Crippen molar-refractivity contribution >= 4 is 34.4 Å². The van der Waals surface area contributed by atoms with Gasteiger partial charge in [-0.3, -0.25) is 14.5 Å². The number of rotatable bonds is 10. The molecule has 7 nitrogen and oxygen atoms in total. The van der Waals surface area contributed by atoms with Crippen molar-refractivity contribution in [3.05, 3.63) is 64.1 Å². The third-order valence-corrected chi connectivity index (χ3v) is 7.06. The Morgan fingerprint density at radius 1 is 1.00 bits per heavy atom. The molecule has 35 heavy (non-hydrogen) atoms. The van der Waals surface area contributed by atoms with Crippen LogP contribution in [-0.4, -0.2) is 74.2 Å². The monoisotopic (exact) mass is 543 g/mol. The lowest BCUT2D eigenvalue weighted by atomic mass is 10.0. The minimum absolute atomic E-state index is 0.0870. The topological polar surface area (TPSA) is 92.9 Å². The Hall–Kier alpha value is -2.55. The van der Waals surface area contributed by atoms with Crippen molar-refractivity contribution in [1.29, 1.82) is 0 Å². The highest BCUT2D eigenvalue weighted by molar-refractivity contribution is 9.10. The van der Waals surface area contributed by atoms with Gasteiger partial charge in [0.25, 0.3) is 0 Å². The normalized spacial score (nSPS) is 19.4. The van der Waals surface area contributed by atoms with Crippen LogP contribution in [0.1, 0.15) is 41.1 Å². The molecule has 0 radical (unpaired) electrons. The van der Waals surface area contributed by atoms with Crippen molar-refractivity contribution in [2.45, 2.75) is 25.2 Å². The smallest absolute Gasteiger partial charge is 0.223 e. The predicted molar refractivity (Wildman–Crippen MR) is 140 cm³/mol. The number of hydrogen-bond donors (Lipinski definition) is 1. The molecule has 8 heteroatoms. The van der Waals surface area contributed by atoms with Crippen molar-refractivity contribution in [2.24, 2.45) is 11.7 Å². The minimum atomic E-state index is 0.0870. The van der Waals surface area contributed by atoms with Crippen molar-refractivity contribution in [3.63, 3.8) is 0 Å². The van der Waals surface area contributed by atoms with Gasteiger partial charge < -0.3 is 20.2 Å². The molecule has 188 valence electrons. The van der Waals surface area contributed by atoms with Crippen molar-refractivity contribution < 1.29 is 19.1 Å². The first kappa shape index (κ1) is 27.0. The Kier molecular flexibility index (Phi) is 10.4. The Morgan fingerprint density at radius 3 is 2.29 bits per heavy atom. The van der Waals surface area contributed by atoms with Crippen molar-refractivity contribution in [3.8, 4) is 5.75 Å². The third kappa shape index (κ3) is 7.72. The number of Topliss-reactive ketones (excluding diaryl/α,β-unsaturated/α-hetero) is 1. The summed E-state index contributed by atoms with van der Waals surface area (Å²) in [5, 5.41) is 0. The molecule has 1 saturated carbocycles. The van der Waals surface area contributed by atoms with Crippen LogP contribution in [0.2, 0.25) is 0 Å². The maximum Gasteiger partial charge on any atom is 0.223 e. The second kappa shape index (κ2) is 13.5. The van der Waals surface area contributed by atoms with Gasteiger partial charge in [-0.2, -0.15) is 0 Å². The fraction of sp³-hybridized carbons (Fsp3) is 0.444. The van der Waals surface area contributed by atoms with E-state index in [1.807, 2.05) is 48.1 Å². The standard InChI is InChI=1S/C26H32BrN3O3.CH2O/c27-21-6-2-19(3-7-21)23-18-24(23)26(32)20-4-8-22(9-5-20)33-17-1-12-29-13-15-30(16-14-29)25(31)10-11-28;1-2/h2-9,23-24H,1,10-18,28H2;1H2/t23-,24+;/m0./s1. The molecule has 0 unspecified atom stereocenters. The van der Waals surface area contributed by atoms with Gasteiger partial charge in [0.05, 0.1) is 6.61 Å². The Morgan fingerprint density at radius 2 is 1.66 bits per heavy atom. The highest BCUT2D eigenvalue weighted by Gasteiger charge is 2.43. The summed E-state index contributed by atoms with van der Waals surface area (Å²) in [7, 11) is 0. The van der Waals surface area contributed by atoms with E-state index >= 15 is 0 Å². The molecule has 1 heterocycles. The van der Waals surface area contributed by atoms with Gasteiger partial charge in [0.15, 0.2) is 5.78 Å². The van der Waals surface area contributed by atoms with E-state index in [1.165, 1.54) is 5.56 Å². The van der Waals surface area contributed by atoms with Crippen LogP contribution in [0.4, 0.5) is 0 Å². The number of amides is 1. The van der Waals surface area contributed by atoms with Gasteiger partial charge in [-0.05, 0) is 60.7 Å². The first-order valence-electron chi connectivity index (χ1n) is 12.1. The zero-order valence-electron chi connectivity index (χ0n) is 20.0. The molecule has 1 aliphatic heterocycles. The molecule has 0 aromatic heterocycles. The molecule has 1 aliphatic carbocycles. The van der Waals surface area contributed by atoms with Gasteiger partial charge >= 0.3 is 0 Å². The predicted octanol–water partition coefficient (Wildman–Crippen LogP) is 3.51. The summed E-state index contributed by atoms with van der Waals surface area (Å²) in [6.07, 6.45) is 2.28. The van der Waals surface area contributed by atoms with Crippen LogP contribution >= 0.6 is 15.9 Å². The number of ketones is 1. The lowest BCUT2D eigenvalue weighted by Crippen LogP contribution is -2.49. The number of halogens is 1. The quantitative estimate of drug-likeness (QED) is 0.364. The summed E-state index contributed by atoms with van der Waals surface area (Å²) in [6.45, 7) is 7.35. The van der Waals surface area contributed by atoms with Gasteiger partial charge in [-0.15, -0.1) is 0 Å². The maximum absolute atomic E-state index is 12.8. The van der Waals surface area contributed by atoms with Gasteiger partial charge in [-0.25, -0.2) is 0 Å². The largest absolute Gasteiger partial charge is 0.494 e. The molecule has 0 spiro atoms. The number of nitrogens with zero attached hydrogens (tertiary/aromatic N) is 2. The molecule has 2 aromatic rings. The molecule has 2 aliphatic rings. The number of hydrogen-bond acceptors (Lipinski definition) is 6. The fourth-order valence-electron chi connectivity index (χ4n) is 4.47. The minimum Gasteiger partial charge on any atom is -0.494 e. The van der Waals surface area contributed by atoms with E-state index in [1.54, 1.807) is 0 Å². The average molecular weight is 544 g/mol. The molecule has 2 N–H and O–H groups in total. The zero-order valence-corrected chi connectivity index (χ0v) is 21.6. The van der Waals surface area contributed by atoms with E-state index < -0.39 is 0 Å². The lowest BCUT2D eigenvalue weighted by molar-refractivity contribution is -0.132. The molecular weight excluding hydrogens is 510 g/mol. The number of carbonyl (C=O) groups excluding carboxylic acids is 3. The summed E-state index contributed by atoms with van der Waals surface area (Å²) in [6, 6.07) is 15.8. The first-order valence-corrected chi connectivity index (χ1v) is 12.9. The van der Waals surface area contributed by atoms with E-state index in [9.17, 15) is 9.59 Å². The number of nitrogens with two attached hydrogens (primary N) is 1. The average Bonchev–Trinajstić information content (AvgIpc) is 3.70. The van der Waals surface area contributed by atoms with Crippen LogP contribution in [0.15, 0.2) is 53.0 Å². The van der Waals surface area contributed by atoms with Crippen LogP contribution in [0, 0.1) is 5.92 Å². The molecule has 1 amide bonds. The Balaban J connectivity index is 0.00000167. The molecule has 2 atom stereocenters. The lowest BCUT2D eigenvalue weighted by Gasteiger charge is -2.34. The number of carbonyl (C=O) groups is 3. The maximum atomic E-state index is 12.8. The van der Waals surface area contributed by atoms with Crippen LogP contribution in [0.25, 0.3) is 0 Å². The summed E-state index contributed by atoms with van der Waals surface area (Å²) in [5.74, 6) is 1.60. The Bertz CT molecular complexity index is 959. The van der Waals surface area contributed by atoms with E-state index in [0.717, 1.165) is 61.4 Å². The number of piperazine rings is 1. The van der Waals surface area contributed by atoms with Crippen molar-refractivity contribution in [1.82, 2.24) is 9.80 Å². The van der Waals surface area contributed by atoms with Crippen LogP contribution in [0.3, 0.4) is 0 Å². The van der Waals surface area contributed by atoms with Crippen LogP contribution < -0.4 is 10.5 Å². The zero-order chi connectivity index (χ0) is 25.2. The first-order chi connectivity index (χ1) is 17.0. The molecule has 4 rings (SSSR count). The van der Waals surface area contributed by atoms with Gasteiger partial charge in [0.2, 0.25) is 5.91 Å². The number of benzene rings is 2. The fourth-order valence-corrected chi connectivity index (χ4v) is 4.74. The summed E-state index contributed by atoms with van der Waals surface area (Å²) < 4.78 is 6.94.